The third-order valence-electron chi connectivity index (χ3n) is 1.35. The van der Waals surface area contributed by atoms with E-state index >= 15 is 0 Å². The van der Waals surface area contributed by atoms with Gasteiger partial charge in [-0.15, -0.1) is 0 Å². The highest BCUT2D eigenvalue weighted by Gasteiger charge is 2.11. The quantitative estimate of drug-likeness (QED) is 0.519. The Labute approximate surface area is 71.3 Å². The summed E-state index contributed by atoms with van der Waals surface area (Å²) in [6, 6.07) is 8.09. The largest absolute Gasteiger partial charge is 0.0622 e. The molecule has 0 aliphatic heterocycles. The third kappa shape index (κ3) is 1.60. The van der Waals surface area contributed by atoms with Crippen molar-refractivity contribution in [3.05, 3.63) is 35.9 Å². The highest BCUT2D eigenvalue weighted by atomic mass is 14.2. The fourth-order valence-corrected chi connectivity index (χ4v) is 0.771. The minimum Gasteiger partial charge on any atom is -0.0622 e. The van der Waals surface area contributed by atoms with Crippen molar-refractivity contribution in [1.82, 2.24) is 0 Å². The van der Waals surface area contributed by atoms with Gasteiger partial charge in [-0.25, -0.2) is 0 Å². The molecule has 0 nitrogen and oxygen atoms in total. The van der Waals surface area contributed by atoms with Gasteiger partial charge in [-0.3, -0.25) is 0 Å². The van der Waals surface area contributed by atoms with E-state index in [1.165, 1.54) is 6.92 Å². The molecule has 10 heavy (non-hydrogen) atoms. The zero-order valence-corrected chi connectivity index (χ0v) is 5.89. The summed E-state index contributed by atoms with van der Waals surface area (Å²) < 4.78 is 44.7. The normalized spacial score (nSPS) is 22.9. The van der Waals surface area contributed by atoms with Gasteiger partial charge in [0.05, 0.1) is 0 Å². The minimum atomic E-state index is -2.57. The lowest BCUT2D eigenvalue weighted by Crippen LogP contribution is -2.10. The summed E-state index contributed by atoms with van der Waals surface area (Å²) in [5.74, 6) is 0. The SMILES string of the molecule is [2H]C([2H])([2H])C(C)(c1ccccc1)C([2H])([2H])[2H]. The molecule has 0 atom stereocenters. The first-order chi connectivity index (χ1) is 7.11. The van der Waals surface area contributed by atoms with Crippen molar-refractivity contribution in [1.29, 1.82) is 0 Å². The summed E-state index contributed by atoms with van der Waals surface area (Å²) in [6.07, 6.45) is 0. The number of hydrogen-bond acceptors (Lipinski definition) is 0. The van der Waals surface area contributed by atoms with E-state index in [2.05, 4.69) is 0 Å². The summed E-state index contributed by atoms with van der Waals surface area (Å²) >= 11 is 0. The lowest BCUT2D eigenvalue weighted by atomic mass is 9.87. The molecule has 0 bridgehead atoms. The molecule has 0 aromatic heterocycles. The van der Waals surface area contributed by atoms with Crippen LogP contribution in [0, 0.1) is 0 Å². The maximum atomic E-state index is 7.45. The van der Waals surface area contributed by atoms with E-state index in [0.29, 0.717) is 5.56 Å². The molecule has 0 saturated heterocycles. The van der Waals surface area contributed by atoms with Crippen molar-refractivity contribution in [2.45, 2.75) is 26.0 Å². The first-order valence-electron chi connectivity index (χ1n) is 6.16. The molecule has 0 fully saturated rings. The lowest BCUT2D eigenvalue weighted by molar-refractivity contribution is 0.590. The van der Waals surface area contributed by atoms with Crippen molar-refractivity contribution < 1.29 is 8.22 Å². The Morgan fingerprint density at radius 2 is 1.80 bits per heavy atom. The van der Waals surface area contributed by atoms with Gasteiger partial charge in [0.2, 0.25) is 0 Å². The molecule has 1 aromatic rings. The van der Waals surface area contributed by atoms with Gasteiger partial charge in [0.15, 0.2) is 0 Å². The summed E-state index contributed by atoms with van der Waals surface area (Å²) in [4.78, 5) is 0. The van der Waals surface area contributed by atoms with Crippen LogP contribution in [0.5, 0.6) is 0 Å². The van der Waals surface area contributed by atoms with Crippen LogP contribution in [0.2, 0.25) is 0 Å². The Kier molecular flexibility index (Phi) is 0.659. The molecule has 0 spiro atoms. The summed E-state index contributed by atoms with van der Waals surface area (Å²) in [5.41, 5.74) is -1.52. The fraction of sp³-hybridized carbons (Fsp3) is 0.400. The molecule has 1 aromatic carbocycles. The molecular weight excluding hydrogens is 120 g/mol. The Bertz CT molecular complexity index is 334. The van der Waals surface area contributed by atoms with E-state index in [-0.39, 0.29) is 0 Å². The minimum absolute atomic E-state index is 0.315. The second kappa shape index (κ2) is 2.45. The number of hydrogen-bond donors (Lipinski definition) is 0. The Hall–Kier alpha value is -0.780. The molecule has 0 N–H and O–H groups in total. The van der Waals surface area contributed by atoms with E-state index in [1.54, 1.807) is 30.3 Å². The molecule has 54 valence electrons. The second-order valence-electron chi connectivity index (χ2n) is 2.49. The van der Waals surface area contributed by atoms with Gasteiger partial charge in [-0.2, -0.15) is 0 Å². The van der Waals surface area contributed by atoms with Gasteiger partial charge in [0.1, 0.15) is 0 Å². The zero-order chi connectivity index (χ0) is 12.6. The van der Waals surface area contributed by atoms with E-state index < -0.39 is 19.1 Å². The Morgan fingerprint density at radius 1 is 1.20 bits per heavy atom. The van der Waals surface area contributed by atoms with Crippen LogP contribution in [0.4, 0.5) is 0 Å². The fourth-order valence-electron chi connectivity index (χ4n) is 0.771. The average molecular weight is 140 g/mol. The summed E-state index contributed by atoms with van der Waals surface area (Å²) in [7, 11) is 0. The molecule has 0 aliphatic rings. The van der Waals surface area contributed by atoms with Crippen LogP contribution in [0.15, 0.2) is 30.3 Å². The van der Waals surface area contributed by atoms with Crippen LogP contribution >= 0.6 is 0 Å². The molecule has 0 heterocycles. The van der Waals surface area contributed by atoms with Crippen LogP contribution in [0.1, 0.15) is 34.4 Å². The molecule has 1 rings (SSSR count). The maximum Gasteiger partial charge on any atom is 0.0239 e. The predicted molar refractivity (Wildman–Crippen MR) is 45.1 cm³/mol. The van der Waals surface area contributed by atoms with Crippen molar-refractivity contribution >= 4 is 0 Å². The smallest absolute Gasteiger partial charge is 0.0239 e. The van der Waals surface area contributed by atoms with Gasteiger partial charge in [-0.1, -0.05) is 51.0 Å². The molecular formula is C10H14. The molecule has 0 unspecified atom stereocenters. The summed E-state index contributed by atoms with van der Waals surface area (Å²) in [6.45, 7) is -3.87. The Balaban J connectivity index is 3.39. The van der Waals surface area contributed by atoms with Crippen molar-refractivity contribution in [3.63, 3.8) is 0 Å². The molecule has 0 radical (unpaired) electrons. The van der Waals surface area contributed by atoms with Crippen LogP contribution < -0.4 is 0 Å². The standard InChI is InChI=1S/C10H14/c1-10(2,3)9-7-5-4-6-8-9/h4-8H,1-3H3/i1D3,2D3. The molecule has 0 heteroatoms. The maximum absolute atomic E-state index is 7.45. The van der Waals surface area contributed by atoms with Crippen molar-refractivity contribution in [2.24, 2.45) is 0 Å². The van der Waals surface area contributed by atoms with E-state index in [0.717, 1.165) is 0 Å². The van der Waals surface area contributed by atoms with Gasteiger partial charge < -0.3 is 0 Å². The molecule has 0 saturated carbocycles. The van der Waals surface area contributed by atoms with Gasteiger partial charge in [0, 0.05) is 8.22 Å². The third-order valence-corrected chi connectivity index (χ3v) is 1.35. The molecule has 0 aliphatic carbocycles. The van der Waals surface area contributed by atoms with E-state index in [1.807, 2.05) is 0 Å². The van der Waals surface area contributed by atoms with E-state index in [4.69, 9.17) is 8.22 Å². The summed E-state index contributed by atoms with van der Waals surface area (Å²) in [5, 5.41) is 0. The second-order valence-corrected chi connectivity index (χ2v) is 2.49. The first-order valence-corrected chi connectivity index (χ1v) is 3.16. The number of benzene rings is 1. The monoisotopic (exact) mass is 140 g/mol. The van der Waals surface area contributed by atoms with E-state index in [9.17, 15) is 0 Å². The zero-order valence-electron chi connectivity index (χ0n) is 11.9. The van der Waals surface area contributed by atoms with Crippen LogP contribution in [0.3, 0.4) is 0 Å². The van der Waals surface area contributed by atoms with Gasteiger partial charge >= 0.3 is 0 Å². The average Bonchev–Trinajstić information content (AvgIpc) is 2.14. The van der Waals surface area contributed by atoms with Crippen LogP contribution in [-0.4, -0.2) is 0 Å². The Morgan fingerprint density at radius 3 is 2.30 bits per heavy atom. The number of rotatable bonds is 0. The van der Waals surface area contributed by atoms with Crippen molar-refractivity contribution in [2.75, 3.05) is 0 Å². The lowest BCUT2D eigenvalue weighted by Gasteiger charge is -2.18. The predicted octanol–water partition coefficient (Wildman–Crippen LogP) is 2.98. The van der Waals surface area contributed by atoms with Gasteiger partial charge in [0.25, 0.3) is 0 Å². The highest BCUT2D eigenvalue weighted by molar-refractivity contribution is 5.21. The van der Waals surface area contributed by atoms with Crippen LogP contribution in [-0.2, 0) is 5.41 Å². The molecule has 0 amide bonds. The van der Waals surface area contributed by atoms with Gasteiger partial charge in [-0.05, 0) is 11.0 Å². The van der Waals surface area contributed by atoms with Crippen LogP contribution in [0.25, 0.3) is 0 Å². The topological polar surface area (TPSA) is 0 Å². The first kappa shape index (κ1) is 2.69. The van der Waals surface area contributed by atoms with Crippen molar-refractivity contribution in [3.8, 4) is 0 Å². The highest BCUT2D eigenvalue weighted by Crippen LogP contribution is 2.20.